The van der Waals surface area contributed by atoms with Gasteiger partial charge in [0.15, 0.2) is 11.5 Å². The molecule has 0 atom stereocenters. The maximum absolute atomic E-state index is 11.2. The molecule has 0 saturated heterocycles. The van der Waals surface area contributed by atoms with Crippen molar-refractivity contribution >= 4 is 11.4 Å². The number of nitrogen functional groups attached to an aromatic ring is 1. The number of aryl methyl sites for hydroxylation is 1. The van der Waals surface area contributed by atoms with E-state index in [1.807, 2.05) is 13.0 Å². The van der Waals surface area contributed by atoms with E-state index in [9.17, 15) is 10.1 Å². The maximum atomic E-state index is 11.2. The van der Waals surface area contributed by atoms with E-state index in [0.717, 1.165) is 5.56 Å². The van der Waals surface area contributed by atoms with Crippen molar-refractivity contribution in [3.63, 3.8) is 0 Å². The van der Waals surface area contributed by atoms with Gasteiger partial charge >= 0.3 is 5.69 Å². The molecule has 0 radical (unpaired) electrons. The molecule has 0 unspecified atom stereocenters. The largest absolute Gasteiger partial charge is 0.493 e. The standard InChI is InChI=1S/C14H15N3O4/c1-9-6-7-11(13(8-9)20-2)21-12-5-3-4-10(16-15)14(12)17(18)19/h3-8,16H,15H2,1-2H3. The molecule has 21 heavy (non-hydrogen) atoms. The van der Waals surface area contributed by atoms with Gasteiger partial charge in [0.2, 0.25) is 5.75 Å². The number of anilines is 1. The lowest BCUT2D eigenvalue weighted by molar-refractivity contribution is -0.384. The second-order valence-electron chi connectivity index (χ2n) is 4.31. The number of hydrogen-bond acceptors (Lipinski definition) is 6. The van der Waals surface area contributed by atoms with Gasteiger partial charge in [0, 0.05) is 0 Å². The number of rotatable bonds is 5. The predicted molar refractivity (Wildman–Crippen MR) is 78.7 cm³/mol. The van der Waals surface area contributed by atoms with Crippen molar-refractivity contribution in [3.05, 3.63) is 52.1 Å². The number of para-hydroxylation sites is 1. The molecule has 7 heteroatoms. The fourth-order valence-electron chi connectivity index (χ4n) is 1.89. The number of methoxy groups -OCH3 is 1. The van der Waals surface area contributed by atoms with Gasteiger partial charge in [-0.3, -0.25) is 16.0 Å². The Bertz CT molecular complexity index is 673. The highest BCUT2D eigenvalue weighted by Gasteiger charge is 2.22. The van der Waals surface area contributed by atoms with Gasteiger partial charge < -0.3 is 14.9 Å². The zero-order chi connectivity index (χ0) is 15.4. The van der Waals surface area contributed by atoms with Crippen LogP contribution in [0, 0.1) is 17.0 Å². The lowest BCUT2D eigenvalue weighted by Gasteiger charge is -2.12. The van der Waals surface area contributed by atoms with E-state index in [1.165, 1.54) is 19.2 Å². The molecule has 0 aromatic heterocycles. The van der Waals surface area contributed by atoms with E-state index in [-0.39, 0.29) is 17.1 Å². The second-order valence-corrected chi connectivity index (χ2v) is 4.31. The monoisotopic (exact) mass is 289 g/mol. The summed E-state index contributed by atoms with van der Waals surface area (Å²) in [7, 11) is 1.51. The average Bonchev–Trinajstić information content (AvgIpc) is 2.48. The molecule has 2 rings (SSSR count). The first-order valence-electron chi connectivity index (χ1n) is 6.13. The Kier molecular flexibility index (Phi) is 4.24. The summed E-state index contributed by atoms with van der Waals surface area (Å²) >= 11 is 0. The predicted octanol–water partition coefficient (Wildman–Crippen LogP) is 2.99. The number of nitro groups is 1. The molecule has 2 aromatic rings. The van der Waals surface area contributed by atoms with Crippen LogP contribution in [0.4, 0.5) is 11.4 Å². The van der Waals surface area contributed by atoms with E-state index >= 15 is 0 Å². The first kappa shape index (κ1) is 14.6. The lowest BCUT2D eigenvalue weighted by atomic mass is 10.2. The second kappa shape index (κ2) is 6.10. The van der Waals surface area contributed by atoms with Crippen LogP contribution in [0.5, 0.6) is 17.2 Å². The summed E-state index contributed by atoms with van der Waals surface area (Å²) in [5.74, 6) is 6.26. The number of nitro benzene ring substituents is 1. The summed E-state index contributed by atoms with van der Waals surface area (Å²) in [6.07, 6.45) is 0. The lowest BCUT2D eigenvalue weighted by Crippen LogP contribution is -2.09. The number of nitrogens with one attached hydrogen (secondary N) is 1. The molecule has 0 bridgehead atoms. The summed E-state index contributed by atoms with van der Waals surface area (Å²) in [6.45, 7) is 1.91. The maximum Gasteiger partial charge on any atom is 0.335 e. The van der Waals surface area contributed by atoms with Gasteiger partial charge in [-0.25, -0.2) is 0 Å². The number of nitrogens with zero attached hydrogens (tertiary/aromatic N) is 1. The van der Waals surface area contributed by atoms with Crippen molar-refractivity contribution in [3.8, 4) is 17.2 Å². The van der Waals surface area contributed by atoms with Gasteiger partial charge in [-0.2, -0.15) is 0 Å². The molecule has 0 aliphatic rings. The molecule has 2 aromatic carbocycles. The van der Waals surface area contributed by atoms with Crippen molar-refractivity contribution in [1.82, 2.24) is 0 Å². The molecule has 0 heterocycles. The SMILES string of the molecule is COc1cc(C)ccc1Oc1cccc(NN)c1[N+](=O)[O-]. The van der Waals surface area contributed by atoms with Crippen LogP contribution in [-0.2, 0) is 0 Å². The van der Waals surface area contributed by atoms with Crippen molar-refractivity contribution in [2.75, 3.05) is 12.5 Å². The highest BCUT2D eigenvalue weighted by atomic mass is 16.6. The van der Waals surface area contributed by atoms with Gasteiger partial charge in [-0.15, -0.1) is 0 Å². The summed E-state index contributed by atoms with van der Waals surface area (Å²) in [5, 5.41) is 11.2. The molecule has 3 N–H and O–H groups in total. The Morgan fingerprint density at radius 3 is 2.57 bits per heavy atom. The Labute approximate surface area is 121 Å². The number of ether oxygens (including phenoxy) is 2. The molecule has 0 amide bonds. The van der Waals surface area contributed by atoms with E-state index in [4.69, 9.17) is 15.3 Å². The molecule has 0 aliphatic heterocycles. The van der Waals surface area contributed by atoms with Crippen LogP contribution in [0.3, 0.4) is 0 Å². The number of hydrazine groups is 1. The van der Waals surface area contributed by atoms with Crippen LogP contribution in [0.1, 0.15) is 5.56 Å². The van der Waals surface area contributed by atoms with Gasteiger partial charge in [-0.1, -0.05) is 12.1 Å². The molecular weight excluding hydrogens is 274 g/mol. The fraction of sp³-hybridized carbons (Fsp3) is 0.143. The van der Waals surface area contributed by atoms with E-state index in [0.29, 0.717) is 11.5 Å². The summed E-state index contributed by atoms with van der Waals surface area (Å²) < 4.78 is 10.8. The Hall–Kier alpha value is -2.80. The Morgan fingerprint density at radius 2 is 1.95 bits per heavy atom. The number of nitrogens with two attached hydrogens (primary N) is 1. The van der Waals surface area contributed by atoms with Gasteiger partial charge in [0.05, 0.1) is 12.0 Å². The minimum absolute atomic E-state index is 0.0811. The third-order valence-corrected chi connectivity index (χ3v) is 2.88. The zero-order valence-corrected chi connectivity index (χ0v) is 11.6. The molecule has 7 nitrogen and oxygen atoms in total. The molecule has 0 aliphatic carbocycles. The summed E-state index contributed by atoms with van der Waals surface area (Å²) in [4.78, 5) is 10.6. The molecular formula is C14H15N3O4. The zero-order valence-electron chi connectivity index (χ0n) is 11.6. The molecule has 110 valence electrons. The van der Waals surface area contributed by atoms with Crippen molar-refractivity contribution in [2.24, 2.45) is 5.84 Å². The third-order valence-electron chi connectivity index (χ3n) is 2.88. The van der Waals surface area contributed by atoms with Crippen molar-refractivity contribution < 1.29 is 14.4 Å². The minimum Gasteiger partial charge on any atom is -0.493 e. The third kappa shape index (κ3) is 3.03. The fourth-order valence-corrected chi connectivity index (χ4v) is 1.89. The first-order valence-corrected chi connectivity index (χ1v) is 6.13. The van der Waals surface area contributed by atoms with Gasteiger partial charge in [0.25, 0.3) is 0 Å². The van der Waals surface area contributed by atoms with Crippen LogP contribution in [-0.4, -0.2) is 12.0 Å². The van der Waals surface area contributed by atoms with E-state index < -0.39 is 4.92 Å². The first-order chi connectivity index (χ1) is 10.1. The topological polar surface area (TPSA) is 99.7 Å². The van der Waals surface area contributed by atoms with Crippen LogP contribution in [0.25, 0.3) is 0 Å². The normalized spacial score (nSPS) is 10.0. The average molecular weight is 289 g/mol. The van der Waals surface area contributed by atoms with Crippen LogP contribution in [0.2, 0.25) is 0 Å². The van der Waals surface area contributed by atoms with Crippen molar-refractivity contribution in [2.45, 2.75) is 6.92 Å². The van der Waals surface area contributed by atoms with E-state index in [2.05, 4.69) is 5.43 Å². The minimum atomic E-state index is -0.550. The van der Waals surface area contributed by atoms with Crippen molar-refractivity contribution in [1.29, 1.82) is 0 Å². The Morgan fingerprint density at radius 1 is 1.19 bits per heavy atom. The van der Waals surface area contributed by atoms with Crippen LogP contribution in [0.15, 0.2) is 36.4 Å². The smallest absolute Gasteiger partial charge is 0.335 e. The highest BCUT2D eigenvalue weighted by molar-refractivity contribution is 5.68. The Balaban J connectivity index is 2.47. The quantitative estimate of drug-likeness (QED) is 0.498. The van der Waals surface area contributed by atoms with Crippen LogP contribution >= 0.6 is 0 Å². The number of hydrogen-bond donors (Lipinski definition) is 2. The van der Waals surface area contributed by atoms with Crippen LogP contribution < -0.4 is 20.7 Å². The molecule has 0 spiro atoms. The van der Waals surface area contributed by atoms with Gasteiger partial charge in [0.1, 0.15) is 5.69 Å². The van der Waals surface area contributed by atoms with Gasteiger partial charge in [-0.05, 0) is 36.8 Å². The summed E-state index contributed by atoms with van der Waals surface area (Å²) in [5.41, 5.74) is 3.22. The molecule has 0 saturated carbocycles. The molecule has 0 fully saturated rings. The summed E-state index contributed by atoms with van der Waals surface area (Å²) in [6, 6.07) is 9.91. The highest BCUT2D eigenvalue weighted by Crippen LogP contribution is 2.39. The van der Waals surface area contributed by atoms with E-state index in [1.54, 1.807) is 18.2 Å². The number of benzene rings is 2.